The van der Waals surface area contributed by atoms with Gasteiger partial charge in [0.1, 0.15) is 6.04 Å². The number of carbonyl (C=O) groups excluding carboxylic acids is 1. The summed E-state index contributed by atoms with van der Waals surface area (Å²) in [6.45, 7) is 9.45. The van der Waals surface area contributed by atoms with Crippen LogP contribution in [0.4, 0.5) is 11.4 Å². The summed E-state index contributed by atoms with van der Waals surface area (Å²) < 4.78 is 29.1. The quantitative estimate of drug-likeness (QED) is 0.547. The fraction of sp³-hybridized carbons (Fsp3) is 0.391. The molecule has 0 bridgehead atoms. The monoisotopic (exact) mass is 475 g/mol. The molecule has 7 nitrogen and oxygen atoms in total. The first-order valence-corrected chi connectivity index (χ1v) is 13.1. The Bertz CT molecular complexity index is 1300. The first kappa shape index (κ1) is 24.0. The fourth-order valence-corrected chi connectivity index (χ4v) is 6.21. The lowest BCUT2D eigenvalue weighted by Crippen LogP contribution is -2.47. The molecule has 3 rings (SSSR count). The van der Waals surface area contributed by atoms with Crippen LogP contribution in [0.3, 0.4) is 0 Å². The van der Waals surface area contributed by atoms with Gasteiger partial charge >= 0.3 is 4.87 Å². The minimum atomic E-state index is -3.72. The predicted molar refractivity (Wildman–Crippen MR) is 132 cm³/mol. The second kappa shape index (κ2) is 9.07. The maximum Gasteiger partial charge on any atom is 0.308 e. The summed E-state index contributed by atoms with van der Waals surface area (Å²) in [5, 5.41) is 2.84. The average molecular weight is 476 g/mol. The number of nitrogens with zero attached hydrogens (tertiary/aromatic N) is 2. The summed E-state index contributed by atoms with van der Waals surface area (Å²) in [5.41, 5.74) is 3.63. The number of aryl methyl sites for hydroxylation is 2. The maximum absolute atomic E-state index is 13.2. The van der Waals surface area contributed by atoms with E-state index in [-0.39, 0.29) is 10.9 Å². The molecule has 1 aromatic heterocycles. The first-order valence-electron chi connectivity index (χ1n) is 10.5. The van der Waals surface area contributed by atoms with Gasteiger partial charge in [0.05, 0.1) is 22.2 Å². The van der Waals surface area contributed by atoms with Crippen molar-refractivity contribution >= 4 is 48.9 Å². The number of hydrogen-bond acceptors (Lipinski definition) is 5. The summed E-state index contributed by atoms with van der Waals surface area (Å²) in [7, 11) is -3.72. The number of sulfonamides is 1. The minimum Gasteiger partial charge on any atom is -0.324 e. The smallest absolute Gasteiger partial charge is 0.308 e. The Labute approximate surface area is 192 Å². The fourth-order valence-electron chi connectivity index (χ4n) is 3.97. The molecule has 1 N–H and O–H groups in total. The largest absolute Gasteiger partial charge is 0.324 e. The Hall–Kier alpha value is -2.65. The van der Waals surface area contributed by atoms with Crippen molar-refractivity contribution in [1.82, 2.24) is 4.57 Å². The standard InChI is InChI=1S/C23H29N3O4S2/c1-7-19(26(32(6,29)30)18-11-15(4)10-16(5)12-18)22(27)24-17-8-9-20-21(13-17)31-23(28)25(20)14(2)3/h8-14,19H,7H2,1-6H3,(H,24,27). The predicted octanol–water partition coefficient (Wildman–Crippen LogP) is 4.44. The van der Waals surface area contributed by atoms with Gasteiger partial charge in [0, 0.05) is 11.7 Å². The Kier molecular flexibility index (Phi) is 6.80. The SMILES string of the molecule is CCC(C(=O)Nc1ccc2c(c1)sc(=O)n2C(C)C)N(c1cc(C)cc(C)c1)S(C)(=O)=O. The Morgan fingerprint density at radius 3 is 2.28 bits per heavy atom. The Balaban J connectivity index is 1.97. The van der Waals surface area contributed by atoms with Crippen molar-refractivity contribution in [3.8, 4) is 0 Å². The number of amides is 1. The van der Waals surface area contributed by atoms with Gasteiger partial charge in [-0.25, -0.2) is 8.42 Å². The summed E-state index contributed by atoms with van der Waals surface area (Å²) in [6.07, 6.45) is 1.41. The van der Waals surface area contributed by atoms with E-state index in [1.54, 1.807) is 35.8 Å². The lowest BCUT2D eigenvalue weighted by Gasteiger charge is -2.30. The van der Waals surface area contributed by atoms with Crippen LogP contribution in [-0.2, 0) is 14.8 Å². The number of hydrogen-bond donors (Lipinski definition) is 1. The van der Waals surface area contributed by atoms with Crippen molar-refractivity contribution < 1.29 is 13.2 Å². The molecule has 0 aliphatic carbocycles. The van der Waals surface area contributed by atoms with Crippen molar-refractivity contribution in [1.29, 1.82) is 0 Å². The minimum absolute atomic E-state index is 0.0299. The van der Waals surface area contributed by atoms with Crippen molar-refractivity contribution in [2.24, 2.45) is 0 Å². The van der Waals surface area contributed by atoms with Crippen LogP contribution in [0, 0.1) is 13.8 Å². The van der Waals surface area contributed by atoms with Gasteiger partial charge in [-0.3, -0.25) is 18.5 Å². The van der Waals surface area contributed by atoms with Gasteiger partial charge in [0.2, 0.25) is 15.9 Å². The molecule has 0 fully saturated rings. The zero-order chi connectivity index (χ0) is 23.8. The van der Waals surface area contributed by atoms with Gasteiger partial charge in [-0.1, -0.05) is 24.3 Å². The van der Waals surface area contributed by atoms with Crippen LogP contribution < -0.4 is 14.5 Å². The molecule has 0 saturated heterocycles. The summed E-state index contributed by atoms with van der Waals surface area (Å²) >= 11 is 1.12. The molecule has 32 heavy (non-hydrogen) atoms. The topological polar surface area (TPSA) is 88.5 Å². The van der Waals surface area contributed by atoms with Gasteiger partial charge < -0.3 is 5.32 Å². The molecule has 0 saturated carbocycles. The van der Waals surface area contributed by atoms with E-state index in [9.17, 15) is 18.0 Å². The highest BCUT2D eigenvalue weighted by molar-refractivity contribution is 7.92. The lowest BCUT2D eigenvalue weighted by molar-refractivity contribution is -0.117. The van der Waals surface area contributed by atoms with E-state index in [1.165, 1.54) is 4.31 Å². The summed E-state index contributed by atoms with van der Waals surface area (Å²) in [5.74, 6) is -0.424. The van der Waals surface area contributed by atoms with Crippen LogP contribution in [0.25, 0.3) is 10.2 Å². The molecule has 1 heterocycles. The Morgan fingerprint density at radius 2 is 1.75 bits per heavy atom. The van der Waals surface area contributed by atoms with E-state index in [0.717, 1.165) is 38.9 Å². The third kappa shape index (κ3) is 4.88. The van der Waals surface area contributed by atoms with Crippen molar-refractivity contribution in [3.05, 3.63) is 57.2 Å². The highest BCUT2D eigenvalue weighted by Crippen LogP contribution is 2.27. The second-order valence-corrected chi connectivity index (χ2v) is 11.2. The molecule has 0 aliphatic heterocycles. The third-order valence-corrected chi connectivity index (χ3v) is 7.29. The molecular formula is C23H29N3O4S2. The first-order chi connectivity index (χ1) is 14.9. The highest BCUT2D eigenvalue weighted by atomic mass is 32.2. The summed E-state index contributed by atoms with van der Waals surface area (Å²) in [6, 6.07) is 9.90. The number of nitrogens with one attached hydrogen (secondary N) is 1. The van der Waals surface area contributed by atoms with E-state index >= 15 is 0 Å². The van der Waals surface area contributed by atoms with Gasteiger partial charge in [-0.2, -0.15) is 0 Å². The van der Waals surface area contributed by atoms with Crippen LogP contribution in [0.1, 0.15) is 44.4 Å². The second-order valence-electron chi connectivity index (χ2n) is 8.33. The van der Waals surface area contributed by atoms with E-state index in [4.69, 9.17) is 0 Å². The van der Waals surface area contributed by atoms with Crippen molar-refractivity contribution in [2.45, 2.75) is 53.1 Å². The van der Waals surface area contributed by atoms with Gasteiger partial charge in [0.25, 0.3) is 0 Å². The van der Waals surface area contributed by atoms with E-state index < -0.39 is 22.0 Å². The van der Waals surface area contributed by atoms with E-state index in [0.29, 0.717) is 17.8 Å². The molecule has 0 spiro atoms. The third-order valence-electron chi connectivity index (χ3n) is 5.19. The molecular weight excluding hydrogens is 446 g/mol. The Morgan fingerprint density at radius 1 is 1.12 bits per heavy atom. The maximum atomic E-state index is 13.2. The van der Waals surface area contributed by atoms with Crippen molar-refractivity contribution in [2.75, 3.05) is 15.9 Å². The average Bonchev–Trinajstić information content (AvgIpc) is 2.98. The zero-order valence-corrected chi connectivity index (χ0v) is 20.8. The molecule has 9 heteroatoms. The van der Waals surface area contributed by atoms with Crippen LogP contribution >= 0.6 is 11.3 Å². The number of benzene rings is 2. The molecule has 1 amide bonds. The molecule has 3 aromatic rings. The molecule has 2 aromatic carbocycles. The van der Waals surface area contributed by atoms with E-state index in [2.05, 4.69) is 5.32 Å². The number of thiazole rings is 1. The van der Waals surface area contributed by atoms with Crippen LogP contribution in [0.2, 0.25) is 0 Å². The van der Waals surface area contributed by atoms with Crippen LogP contribution in [0.15, 0.2) is 41.2 Å². The van der Waals surface area contributed by atoms with Gasteiger partial charge in [-0.05, 0) is 75.6 Å². The highest BCUT2D eigenvalue weighted by Gasteiger charge is 2.32. The van der Waals surface area contributed by atoms with Crippen molar-refractivity contribution in [3.63, 3.8) is 0 Å². The number of fused-ring (bicyclic) bond motifs is 1. The molecule has 0 aliphatic rings. The van der Waals surface area contributed by atoms with E-state index in [1.807, 2.05) is 39.8 Å². The summed E-state index contributed by atoms with van der Waals surface area (Å²) in [4.78, 5) is 25.5. The van der Waals surface area contributed by atoms with Gasteiger partial charge in [-0.15, -0.1) is 0 Å². The van der Waals surface area contributed by atoms with Gasteiger partial charge in [0.15, 0.2) is 0 Å². The number of carbonyl (C=O) groups is 1. The normalized spacial score (nSPS) is 12.8. The van der Waals surface area contributed by atoms with Crippen LogP contribution in [-0.4, -0.2) is 31.2 Å². The van der Waals surface area contributed by atoms with Crippen LogP contribution in [0.5, 0.6) is 0 Å². The molecule has 1 atom stereocenters. The molecule has 1 unspecified atom stereocenters. The lowest BCUT2D eigenvalue weighted by atomic mass is 10.1. The number of anilines is 2. The molecule has 172 valence electrons. The number of aromatic nitrogens is 1. The zero-order valence-electron chi connectivity index (χ0n) is 19.2. The molecule has 0 radical (unpaired) electrons. The number of rotatable bonds is 7.